The summed E-state index contributed by atoms with van der Waals surface area (Å²) in [6.07, 6.45) is 1.00. The van der Waals surface area contributed by atoms with E-state index in [1.807, 2.05) is 13.8 Å². The van der Waals surface area contributed by atoms with Gasteiger partial charge in [0.1, 0.15) is 5.60 Å². The van der Waals surface area contributed by atoms with Crippen LogP contribution in [0.1, 0.15) is 53.9 Å². The van der Waals surface area contributed by atoms with Gasteiger partial charge in [0, 0.05) is 5.54 Å². The largest absolute Gasteiger partial charge is 0.442 e. The van der Waals surface area contributed by atoms with Crippen LogP contribution in [0.3, 0.4) is 0 Å². The maximum atomic E-state index is 12.2. The number of guanidine groups is 1. The molecule has 0 aromatic carbocycles. The lowest BCUT2D eigenvalue weighted by Gasteiger charge is -2.41. The summed E-state index contributed by atoms with van der Waals surface area (Å²) in [5, 5.41) is 4.14. The lowest BCUT2D eigenvalue weighted by atomic mass is 9.87. The number of hydrogen-bond acceptors (Lipinski definition) is 4. The number of nitrogens with one attached hydrogen (secondary N) is 1. The van der Waals surface area contributed by atoms with Gasteiger partial charge in [0.25, 0.3) is 5.91 Å². The minimum Gasteiger partial charge on any atom is -0.442 e. The minimum atomic E-state index is -0.761. The number of ether oxygens (including phenoxy) is 1. The Hall–Kier alpha value is -1.63. The predicted molar refractivity (Wildman–Crippen MR) is 78.6 cm³/mol. The molecule has 0 bridgehead atoms. The summed E-state index contributed by atoms with van der Waals surface area (Å²) in [5.74, 6) is -0.158. The summed E-state index contributed by atoms with van der Waals surface area (Å²) >= 11 is 0. The Morgan fingerprint density at radius 2 is 1.95 bits per heavy atom. The van der Waals surface area contributed by atoms with Crippen LogP contribution in [0.15, 0.2) is 4.99 Å². The number of hydroxylamine groups is 2. The molecule has 1 heterocycles. The van der Waals surface area contributed by atoms with E-state index in [-0.39, 0.29) is 11.9 Å². The van der Waals surface area contributed by atoms with Gasteiger partial charge in [-0.1, -0.05) is 13.8 Å². The summed E-state index contributed by atoms with van der Waals surface area (Å²) in [6, 6.07) is 0. The monoisotopic (exact) mass is 299 g/mol. The molecule has 1 aliphatic rings. The summed E-state index contributed by atoms with van der Waals surface area (Å²) in [7, 11) is 1.36. The molecule has 0 unspecified atom stereocenters. The molecule has 0 aromatic rings. The van der Waals surface area contributed by atoms with Crippen molar-refractivity contribution >= 4 is 18.0 Å². The Balaban J connectivity index is 3.04. The molecule has 1 aliphatic heterocycles. The standard InChI is InChI=1S/C14H25N3O4/c1-7-14(8-2)9-10(18)17(20-6)11(16-14)15-12(19)21-13(3,4)5/h7-9H2,1-6H3,(H,15,16,19). The zero-order chi connectivity index (χ0) is 16.3. The zero-order valence-electron chi connectivity index (χ0n) is 13.6. The van der Waals surface area contributed by atoms with Gasteiger partial charge in [-0.25, -0.2) is 4.79 Å². The molecule has 1 N–H and O–H groups in total. The van der Waals surface area contributed by atoms with Crippen LogP contribution in [0.2, 0.25) is 0 Å². The van der Waals surface area contributed by atoms with Gasteiger partial charge in [-0.3, -0.25) is 9.63 Å². The molecule has 7 nitrogen and oxygen atoms in total. The topological polar surface area (TPSA) is 80.2 Å². The van der Waals surface area contributed by atoms with Crippen LogP contribution in [0, 0.1) is 0 Å². The Labute approximate surface area is 125 Å². The van der Waals surface area contributed by atoms with E-state index in [1.165, 1.54) is 7.11 Å². The van der Waals surface area contributed by atoms with Crippen LogP contribution in [-0.2, 0) is 14.4 Å². The highest BCUT2D eigenvalue weighted by Crippen LogP contribution is 2.25. The van der Waals surface area contributed by atoms with Crippen molar-refractivity contribution in [3.63, 3.8) is 0 Å². The molecule has 21 heavy (non-hydrogen) atoms. The lowest BCUT2D eigenvalue weighted by Crippen LogP contribution is -2.62. The van der Waals surface area contributed by atoms with Crippen molar-refractivity contribution < 1.29 is 19.2 Å². The van der Waals surface area contributed by atoms with E-state index < -0.39 is 17.2 Å². The molecule has 1 saturated heterocycles. The van der Waals surface area contributed by atoms with Crippen molar-refractivity contribution in [3.8, 4) is 0 Å². The van der Waals surface area contributed by atoms with Crippen LogP contribution >= 0.6 is 0 Å². The number of carbonyl (C=O) groups is 2. The van der Waals surface area contributed by atoms with Gasteiger partial charge in [0.15, 0.2) is 0 Å². The van der Waals surface area contributed by atoms with Crippen LogP contribution in [0.4, 0.5) is 4.79 Å². The zero-order valence-corrected chi connectivity index (χ0v) is 13.6. The van der Waals surface area contributed by atoms with E-state index in [0.717, 1.165) is 17.9 Å². The van der Waals surface area contributed by atoms with E-state index in [2.05, 4.69) is 10.3 Å². The average molecular weight is 299 g/mol. The number of hydrogen-bond donors (Lipinski definition) is 1. The third-order valence-electron chi connectivity index (χ3n) is 3.41. The van der Waals surface area contributed by atoms with Crippen molar-refractivity contribution in [1.82, 2.24) is 10.4 Å². The van der Waals surface area contributed by atoms with Gasteiger partial charge in [-0.15, -0.1) is 4.99 Å². The molecular formula is C14H25N3O4. The molecule has 0 spiro atoms. The first-order chi connectivity index (χ1) is 9.66. The SMILES string of the molecule is CCC1(CC)CC(=O)N(OC)/C(=N/C(=O)OC(C)(C)C)N1. The molecule has 0 atom stereocenters. The van der Waals surface area contributed by atoms with Gasteiger partial charge in [0.2, 0.25) is 5.96 Å². The molecule has 0 aromatic heterocycles. The highest BCUT2D eigenvalue weighted by Gasteiger charge is 2.40. The normalized spacial score (nSPS) is 20.4. The van der Waals surface area contributed by atoms with E-state index in [1.54, 1.807) is 20.8 Å². The molecule has 1 rings (SSSR count). The Bertz CT molecular complexity index is 436. The van der Waals surface area contributed by atoms with Crippen molar-refractivity contribution in [2.45, 2.75) is 65.0 Å². The van der Waals surface area contributed by atoms with Crippen LogP contribution < -0.4 is 5.32 Å². The van der Waals surface area contributed by atoms with Crippen LogP contribution in [0.25, 0.3) is 0 Å². The second-order valence-corrected chi connectivity index (χ2v) is 6.08. The second-order valence-electron chi connectivity index (χ2n) is 6.08. The Kier molecular flexibility index (Phi) is 5.33. The molecule has 0 saturated carbocycles. The molecule has 0 aliphatic carbocycles. The van der Waals surface area contributed by atoms with E-state index in [4.69, 9.17) is 9.57 Å². The summed E-state index contributed by atoms with van der Waals surface area (Å²) in [6.45, 7) is 9.22. The van der Waals surface area contributed by atoms with Gasteiger partial charge in [0.05, 0.1) is 13.5 Å². The van der Waals surface area contributed by atoms with Crippen LogP contribution in [-0.4, -0.2) is 41.3 Å². The van der Waals surface area contributed by atoms with Crippen LogP contribution in [0.5, 0.6) is 0 Å². The van der Waals surface area contributed by atoms with E-state index >= 15 is 0 Å². The fourth-order valence-electron chi connectivity index (χ4n) is 2.12. The van der Waals surface area contributed by atoms with E-state index in [9.17, 15) is 9.59 Å². The summed E-state index contributed by atoms with van der Waals surface area (Å²) in [5.41, 5.74) is -1.06. The Morgan fingerprint density at radius 1 is 1.38 bits per heavy atom. The number of carbonyl (C=O) groups excluding carboxylic acids is 2. The van der Waals surface area contributed by atoms with Gasteiger partial charge in [-0.05, 0) is 33.6 Å². The van der Waals surface area contributed by atoms with Gasteiger partial charge < -0.3 is 10.1 Å². The first-order valence-electron chi connectivity index (χ1n) is 7.13. The van der Waals surface area contributed by atoms with Gasteiger partial charge in [-0.2, -0.15) is 5.06 Å². The number of nitrogens with zero attached hydrogens (tertiary/aromatic N) is 2. The fourth-order valence-corrected chi connectivity index (χ4v) is 2.12. The predicted octanol–water partition coefficient (Wildman–Crippen LogP) is 2.22. The first kappa shape index (κ1) is 17.4. The molecule has 120 valence electrons. The molecule has 0 radical (unpaired) electrons. The smallest absolute Gasteiger partial charge is 0.437 e. The lowest BCUT2D eigenvalue weighted by molar-refractivity contribution is -0.162. The Morgan fingerprint density at radius 3 is 2.38 bits per heavy atom. The van der Waals surface area contributed by atoms with E-state index in [0.29, 0.717) is 6.42 Å². The quantitative estimate of drug-likeness (QED) is 0.864. The first-order valence-corrected chi connectivity index (χ1v) is 7.13. The number of amides is 2. The maximum Gasteiger partial charge on any atom is 0.437 e. The highest BCUT2D eigenvalue weighted by atomic mass is 16.7. The number of aliphatic imine (C=N–C) groups is 1. The third kappa shape index (κ3) is 4.42. The van der Waals surface area contributed by atoms with Gasteiger partial charge >= 0.3 is 6.09 Å². The summed E-state index contributed by atoms with van der Waals surface area (Å²) < 4.78 is 5.14. The second kappa shape index (κ2) is 6.43. The summed E-state index contributed by atoms with van der Waals surface area (Å²) in [4.78, 5) is 32.9. The average Bonchev–Trinajstić information content (AvgIpc) is 2.35. The van der Waals surface area contributed by atoms with Crippen molar-refractivity contribution in [3.05, 3.63) is 0 Å². The molecule has 2 amide bonds. The van der Waals surface area contributed by atoms with Crippen molar-refractivity contribution in [2.75, 3.05) is 7.11 Å². The number of rotatable bonds is 3. The third-order valence-corrected chi connectivity index (χ3v) is 3.41. The molecular weight excluding hydrogens is 274 g/mol. The molecule has 1 fully saturated rings. The van der Waals surface area contributed by atoms with Crippen molar-refractivity contribution in [2.24, 2.45) is 4.99 Å². The van der Waals surface area contributed by atoms with Crippen molar-refractivity contribution in [1.29, 1.82) is 0 Å². The fraction of sp³-hybridized carbons (Fsp3) is 0.786. The minimum absolute atomic E-state index is 0.0756. The molecule has 7 heteroatoms. The highest BCUT2D eigenvalue weighted by molar-refractivity contribution is 6.02. The maximum absolute atomic E-state index is 12.2.